The Balaban J connectivity index is 2.45. The highest BCUT2D eigenvalue weighted by atomic mass is 35.5. The average molecular weight is 371 g/mol. The van der Waals surface area contributed by atoms with Crippen LogP contribution >= 0.6 is 11.6 Å². The highest BCUT2D eigenvalue weighted by Gasteiger charge is 2.20. The summed E-state index contributed by atoms with van der Waals surface area (Å²) >= 11 is 6.10. The van der Waals surface area contributed by atoms with Crippen molar-refractivity contribution in [1.29, 1.82) is 0 Å². The van der Waals surface area contributed by atoms with Crippen LogP contribution in [0.25, 0.3) is 28.2 Å². The summed E-state index contributed by atoms with van der Waals surface area (Å²) in [7, 11) is 0. The number of carbonyl (C=O) groups is 1. The fraction of sp³-hybridized carbons (Fsp3) is 0.263. The van der Waals surface area contributed by atoms with E-state index in [1.165, 1.54) is 0 Å². The van der Waals surface area contributed by atoms with Crippen molar-refractivity contribution < 1.29 is 9.90 Å². The molecule has 3 aromatic rings. The van der Waals surface area contributed by atoms with Crippen molar-refractivity contribution in [3.63, 3.8) is 0 Å². The molecule has 26 heavy (non-hydrogen) atoms. The van der Waals surface area contributed by atoms with Crippen LogP contribution in [0.4, 0.5) is 0 Å². The summed E-state index contributed by atoms with van der Waals surface area (Å²) in [5.74, 6) is -0.910. The first-order valence-corrected chi connectivity index (χ1v) is 8.72. The van der Waals surface area contributed by atoms with Gasteiger partial charge in [0.05, 0.1) is 11.9 Å². The van der Waals surface area contributed by atoms with E-state index in [4.69, 9.17) is 21.7 Å². The Morgan fingerprint density at radius 2 is 2.19 bits per heavy atom. The van der Waals surface area contributed by atoms with Crippen LogP contribution < -0.4 is 0 Å². The van der Waals surface area contributed by atoms with Gasteiger partial charge in [-0.25, -0.2) is 19.4 Å². The van der Waals surface area contributed by atoms with Crippen LogP contribution in [-0.2, 0) is 11.3 Å². The van der Waals surface area contributed by atoms with Gasteiger partial charge in [-0.2, -0.15) is 5.10 Å². The molecular weight excluding hydrogens is 352 g/mol. The predicted molar refractivity (Wildman–Crippen MR) is 102 cm³/mol. The number of aromatic nitrogens is 4. The van der Waals surface area contributed by atoms with Crippen LogP contribution in [0.1, 0.15) is 37.9 Å². The molecule has 0 atom stereocenters. The normalized spacial score (nSPS) is 11.7. The molecular formula is C19H19ClN4O2. The molecule has 0 aliphatic rings. The second-order valence-electron chi connectivity index (χ2n) is 6.18. The maximum atomic E-state index is 11.1. The third-order valence-corrected chi connectivity index (χ3v) is 4.31. The lowest BCUT2D eigenvalue weighted by atomic mass is 9.92. The second kappa shape index (κ2) is 7.25. The predicted octanol–water partition coefficient (Wildman–Crippen LogP) is 4.39. The summed E-state index contributed by atoms with van der Waals surface area (Å²) in [4.78, 5) is 20.0. The zero-order valence-electron chi connectivity index (χ0n) is 14.8. The molecule has 3 heterocycles. The molecule has 0 unspecified atom stereocenters. The van der Waals surface area contributed by atoms with E-state index in [1.54, 1.807) is 24.5 Å². The molecule has 6 nitrogen and oxygen atoms in total. The van der Waals surface area contributed by atoms with E-state index in [1.807, 2.05) is 31.5 Å². The zero-order chi connectivity index (χ0) is 18.8. The number of aliphatic carboxylic acids is 1. The molecule has 0 saturated heterocycles. The molecule has 0 fully saturated rings. The van der Waals surface area contributed by atoms with Crippen LogP contribution in [0.2, 0.25) is 5.15 Å². The van der Waals surface area contributed by atoms with E-state index in [0.717, 1.165) is 39.5 Å². The molecule has 0 saturated carbocycles. The zero-order valence-corrected chi connectivity index (χ0v) is 15.5. The first-order chi connectivity index (χ1) is 12.4. The minimum absolute atomic E-state index is 0.101. The Hall–Kier alpha value is -2.73. The summed E-state index contributed by atoms with van der Waals surface area (Å²) in [5, 5.41) is 14.8. The number of carboxylic acid groups (broad SMARTS) is 1. The number of hydrogen-bond acceptors (Lipinski definition) is 4. The van der Waals surface area contributed by atoms with Crippen LogP contribution in [-0.4, -0.2) is 30.8 Å². The van der Waals surface area contributed by atoms with E-state index >= 15 is 0 Å². The van der Waals surface area contributed by atoms with Crippen molar-refractivity contribution >= 4 is 34.7 Å². The van der Waals surface area contributed by atoms with Gasteiger partial charge in [-0.05, 0) is 36.6 Å². The van der Waals surface area contributed by atoms with Gasteiger partial charge in [0.1, 0.15) is 5.15 Å². The fourth-order valence-corrected chi connectivity index (χ4v) is 3.16. The number of aryl methyl sites for hydroxylation is 1. The van der Waals surface area contributed by atoms with Gasteiger partial charge in [0.25, 0.3) is 0 Å². The molecule has 1 N–H and O–H groups in total. The molecule has 0 spiro atoms. The Morgan fingerprint density at radius 1 is 1.42 bits per heavy atom. The summed E-state index contributed by atoms with van der Waals surface area (Å²) in [6.07, 6.45) is 6.12. The van der Waals surface area contributed by atoms with Crippen LogP contribution in [0.15, 0.2) is 30.6 Å². The lowest BCUT2D eigenvalue weighted by Crippen LogP contribution is -2.04. The van der Waals surface area contributed by atoms with Crippen molar-refractivity contribution in [2.24, 2.45) is 0 Å². The van der Waals surface area contributed by atoms with Gasteiger partial charge in [-0.15, -0.1) is 0 Å². The quantitative estimate of drug-likeness (QED) is 0.532. The van der Waals surface area contributed by atoms with Crippen molar-refractivity contribution in [3.8, 4) is 11.1 Å². The number of nitrogens with zero attached hydrogens (tertiary/aromatic N) is 4. The van der Waals surface area contributed by atoms with Crippen molar-refractivity contribution in [2.75, 3.05) is 0 Å². The summed E-state index contributed by atoms with van der Waals surface area (Å²) < 4.78 is 1.83. The maximum Gasteiger partial charge on any atom is 0.328 e. The standard InChI is InChI=1S/C19H19ClN4O2/c1-4-24-19-14(10-22-24)17(12-7-8-21-15(20)9-12)13(5-6-16(25)26)18(23-19)11(2)3/h5-11H,4H2,1-3H3,(H,25,26). The fourth-order valence-electron chi connectivity index (χ4n) is 2.98. The molecule has 3 aromatic heterocycles. The average Bonchev–Trinajstić information content (AvgIpc) is 3.01. The molecule has 0 radical (unpaired) electrons. The molecule has 0 aliphatic carbocycles. The minimum atomic E-state index is -1.01. The number of pyridine rings is 2. The van der Waals surface area contributed by atoms with Crippen LogP contribution in [0.5, 0.6) is 0 Å². The largest absolute Gasteiger partial charge is 0.478 e. The Bertz CT molecular complexity index is 1010. The number of halogens is 1. The maximum absolute atomic E-state index is 11.1. The number of hydrogen-bond donors (Lipinski definition) is 1. The van der Waals surface area contributed by atoms with Gasteiger partial charge >= 0.3 is 5.97 Å². The van der Waals surface area contributed by atoms with E-state index in [9.17, 15) is 4.79 Å². The van der Waals surface area contributed by atoms with Gasteiger partial charge in [-0.3, -0.25) is 0 Å². The van der Waals surface area contributed by atoms with Crippen molar-refractivity contribution in [3.05, 3.63) is 47.0 Å². The molecule has 0 bridgehead atoms. The summed E-state index contributed by atoms with van der Waals surface area (Å²) in [6, 6.07) is 3.62. The van der Waals surface area contributed by atoms with E-state index in [0.29, 0.717) is 11.7 Å². The first-order valence-electron chi connectivity index (χ1n) is 8.34. The van der Waals surface area contributed by atoms with Gasteiger partial charge in [0.15, 0.2) is 5.65 Å². The number of carboxylic acids is 1. The SMILES string of the molecule is CCn1ncc2c(-c3ccnc(Cl)c3)c(C=CC(=O)O)c(C(C)C)nc21. The van der Waals surface area contributed by atoms with Crippen molar-refractivity contribution in [1.82, 2.24) is 19.7 Å². The summed E-state index contributed by atoms with van der Waals surface area (Å²) in [5.41, 5.74) is 4.05. The topological polar surface area (TPSA) is 80.9 Å². The molecule has 3 rings (SSSR count). The highest BCUT2D eigenvalue weighted by Crippen LogP contribution is 2.36. The van der Waals surface area contributed by atoms with Gasteiger partial charge in [0, 0.05) is 35.3 Å². The minimum Gasteiger partial charge on any atom is -0.478 e. The van der Waals surface area contributed by atoms with Gasteiger partial charge in [-0.1, -0.05) is 25.4 Å². The Kier molecular flexibility index (Phi) is 5.04. The van der Waals surface area contributed by atoms with Crippen LogP contribution in [0.3, 0.4) is 0 Å². The van der Waals surface area contributed by atoms with Crippen molar-refractivity contribution in [2.45, 2.75) is 33.2 Å². The molecule has 134 valence electrons. The Labute approximate surface area is 156 Å². The smallest absolute Gasteiger partial charge is 0.328 e. The van der Waals surface area contributed by atoms with Crippen LogP contribution in [0, 0.1) is 0 Å². The lowest BCUT2D eigenvalue weighted by Gasteiger charge is -2.16. The van der Waals surface area contributed by atoms with Gasteiger partial charge < -0.3 is 5.11 Å². The second-order valence-corrected chi connectivity index (χ2v) is 6.56. The first kappa shape index (κ1) is 18.1. The summed E-state index contributed by atoms with van der Waals surface area (Å²) in [6.45, 7) is 6.75. The molecule has 0 aromatic carbocycles. The number of rotatable bonds is 5. The third-order valence-electron chi connectivity index (χ3n) is 4.11. The van der Waals surface area contributed by atoms with Gasteiger partial charge in [0.2, 0.25) is 0 Å². The third kappa shape index (κ3) is 3.32. The van der Waals surface area contributed by atoms with E-state index < -0.39 is 5.97 Å². The monoisotopic (exact) mass is 370 g/mol. The Morgan fingerprint density at radius 3 is 2.81 bits per heavy atom. The lowest BCUT2D eigenvalue weighted by molar-refractivity contribution is -0.131. The molecule has 0 aliphatic heterocycles. The molecule has 7 heteroatoms. The van der Waals surface area contributed by atoms with E-state index in [2.05, 4.69) is 10.1 Å². The highest BCUT2D eigenvalue weighted by molar-refractivity contribution is 6.29. The van der Waals surface area contributed by atoms with E-state index in [-0.39, 0.29) is 5.92 Å². The number of fused-ring (bicyclic) bond motifs is 1. The molecule has 0 amide bonds.